The van der Waals surface area contributed by atoms with Gasteiger partial charge in [0.05, 0.1) is 5.75 Å². The van der Waals surface area contributed by atoms with Crippen molar-refractivity contribution in [2.45, 2.75) is 37.6 Å². The number of nitrogens with zero attached hydrogens (tertiary/aromatic N) is 4. The minimum atomic E-state index is -3.74. The van der Waals surface area contributed by atoms with Gasteiger partial charge < -0.3 is 20.7 Å². The number of fused-ring (bicyclic) bond motifs is 1. The Bertz CT molecular complexity index is 1090. The third-order valence-corrected chi connectivity index (χ3v) is 6.69. The highest BCUT2D eigenvalue weighted by molar-refractivity contribution is 7.91. The first-order valence-corrected chi connectivity index (χ1v) is 11.6. The molecule has 1 atom stereocenters. The van der Waals surface area contributed by atoms with Crippen LogP contribution >= 0.6 is 11.6 Å². The molecular formula is C19H23ClN6O4S. The van der Waals surface area contributed by atoms with Crippen molar-refractivity contribution in [3.8, 4) is 0 Å². The van der Waals surface area contributed by atoms with Crippen molar-refractivity contribution in [3.63, 3.8) is 0 Å². The Hall–Kier alpha value is -2.92. The van der Waals surface area contributed by atoms with E-state index in [1.807, 2.05) is 12.1 Å². The summed E-state index contributed by atoms with van der Waals surface area (Å²) in [6.07, 6.45) is 0.604. The number of hydrogen-bond acceptors (Lipinski definition) is 8. The molecule has 1 aromatic heterocycles. The second-order valence-corrected chi connectivity index (χ2v) is 9.48. The van der Waals surface area contributed by atoms with Crippen LogP contribution in [0, 0.1) is 0 Å². The number of halogens is 1. The number of rotatable bonds is 7. The molecule has 2 heterocycles. The number of aromatic nitrogens is 2. The average Bonchev–Trinajstić information content (AvgIpc) is 3.07. The summed E-state index contributed by atoms with van der Waals surface area (Å²) in [5, 5.41) is 2.72. The number of anilines is 3. The highest BCUT2D eigenvalue weighted by atomic mass is 35.5. The Balaban J connectivity index is 2.19. The second kappa shape index (κ2) is 9.06. The number of nitrogen functional groups attached to an aromatic ring is 1. The third-order valence-electron chi connectivity index (χ3n) is 4.94. The molecular weight excluding hydrogens is 444 g/mol. The van der Waals surface area contributed by atoms with Crippen LogP contribution in [-0.4, -0.2) is 49.7 Å². The summed E-state index contributed by atoms with van der Waals surface area (Å²) in [4.78, 5) is 35.2. The molecule has 10 nitrogen and oxygen atoms in total. The van der Waals surface area contributed by atoms with Crippen molar-refractivity contribution in [2.24, 2.45) is 0 Å². The summed E-state index contributed by atoms with van der Waals surface area (Å²) in [7, 11) is -2.28. The molecule has 0 fully saturated rings. The van der Waals surface area contributed by atoms with E-state index in [2.05, 4.69) is 15.3 Å². The molecule has 0 saturated carbocycles. The van der Waals surface area contributed by atoms with Gasteiger partial charge in [-0.15, -0.1) is 0 Å². The molecule has 0 spiro atoms. The summed E-state index contributed by atoms with van der Waals surface area (Å²) >= 11 is 5.98. The maximum absolute atomic E-state index is 12.7. The number of nitrogens with two attached hydrogens (primary N) is 1. The number of benzene rings is 1. The second-order valence-electron chi connectivity index (χ2n) is 6.87. The third kappa shape index (κ3) is 4.42. The van der Waals surface area contributed by atoms with Gasteiger partial charge in [-0.25, -0.2) is 13.2 Å². The standard InChI is InChI=1S/C19H23ClN6O4S/c1-3-31(29,30)18-23-16(21)15-17(24-18)25(11-12-6-8-13(20)9-7-12)14(5-4-10-27)26(15)19(28)22-2/h6-10,14H,3-5,11H2,1-2H3,(H,22,28)(H2,21,23,24). The van der Waals surface area contributed by atoms with Gasteiger partial charge in [-0.1, -0.05) is 30.7 Å². The number of aldehydes is 1. The monoisotopic (exact) mass is 466 g/mol. The van der Waals surface area contributed by atoms with E-state index < -0.39 is 27.2 Å². The van der Waals surface area contributed by atoms with E-state index in [9.17, 15) is 18.0 Å². The lowest BCUT2D eigenvalue weighted by atomic mass is 10.2. The van der Waals surface area contributed by atoms with Gasteiger partial charge in [0.1, 0.15) is 18.1 Å². The molecule has 166 valence electrons. The van der Waals surface area contributed by atoms with Crippen LogP contribution in [0.2, 0.25) is 5.02 Å². The minimum absolute atomic E-state index is 0.129. The Morgan fingerprint density at radius 3 is 2.55 bits per heavy atom. The average molecular weight is 467 g/mol. The number of carbonyl (C=O) groups excluding carboxylic acids is 2. The zero-order valence-electron chi connectivity index (χ0n) is 17.1. The molecule has 0 radical (unpaired) electrons. The zero-order chi connectivity index (χ0) is 22.8. The number of amides is 2. The van der Waals surface area contributed by atoms with Crippen molar-refractivity contribution in [1.29, 1.82) is 0 Å². The van der Waals surface area contributed by atoms with Gasteiger partial charge in [0.15, 0.2) is 11.6 Å². The molecule has 0 bridgehead atoms. The van der Waals surface area contributed by atoms with Crippen molar-refractivity contribution < 1.29 is 18.0 Å². The normalized spacial score (nSPS) is 15.6. The van der Waals surface area contributed by atoms with Gasteiger partial charge in [-0.05, 0) is 24.1 Å². The van der Waals surface area contributed by atoms with E-state index in [4.69, 9.17) is 17.3 Å². The maximum Gasteiger partial charge on any atom is 0.323 e. The number of hydrogen-bond donors (Lipinski definition) is 2. The molecule has 1 unspecified atom stereocenters. The molecule has 1 aliphatic heterocycles. The van der Waals surface area contributed by atoms with Crippen LogP contribution < -0.4 is 20.9 Å². The number of carbonyl (C=O) groups is 2. The first-order valence-electron chi connectivity index (χ1n) is 9.59. The zero-order valence-corrected chi connectivity index (χ0v) is 18.7. The van der Waals surface area contributed by atoms with Gasteiger partial charge >= 0.3 is 6.03 Å². The van der Waals surface area contributed by atoms with E-state index in [-0.39, 0.29) is 42.5 Å². The van der Waals surface area contributed by atoms with Crippen LogP contribution in [0.1, 0.15) is 25.3 Å². The largest absolute Gasteiger partial charge is 0.382 e. The molecule has 12 heteroatoms. The van der Waals surface area contributed by atoms with E-state index in [1.54, 1.807) is 17.0 Å². The van der Waals surface area contributed by atoms with Gasteiger partial charge in [0, 0.05) is 25.0 Å². The molecule has 0 aliphatic carbocycles. The topological polar surface area (TPSA) is 139 Å². The van der Waals surface area contributed by atoms with Crippen molar-refractivity contribution in [3.05, 3.63) is 34.9 Å². The smallest absolute Gasteiger partial charge is 0.323 e. The SMILES string of the molecule is CCS(=O)(=O)c1nc(N)c2c(n1)N(Cc1ccc(Cl)cc1)C(CCC=O)N2C(=O)NC. The highest BCUT2D eigenvalue weighted by Gasteiger charge is 2.43. The van der Waals surface area contributed by atoms with Crippen molar-refractivity contribution in [1.82, 2.24) is 15.3 Å². The lowest BCUT2D eigenvalue weighted by Gasteiger charge is -2.30. The molecule has 1 aliphatic rings. The fraction of sp³-hybridized carbons (Fsp3) is 0.368. The summed E-state index contributed by atoms with van der Waals surface area (Å²) < 4.78 is 24.9. The van der Waals surface area contributed by atoms with Gasteiger partial charge in [0.2, 0.25) is 9.84 Å². The number of urea groups is 1. The van der Waals surface area contributed by atoms with Crippen molar-refractivity contribution >= 4 is 51.1 Å². The molecule has 2 aromatic rings. The minimum Gasteiger partial charge on any atom is -0.382 e. The summed E-state index contributed by atoms with van der Waals surface area (Å²) in [6.45, 7) is 1.76. The van der Waals surface area contributed by atoms with Crippen LogP contribution in [0.4, 0.5) is 22.1 Å². The highest BCUT2D eigenvalue weighted by Crippen LogP contribution is 2.44. The molecule has 2 amide bonds. The lowest BCUT2D eigenvalue weighted by Crippen LogP contribution is -2.49. The van der Waals surface area contributed by atoms with Crippen LogP contribution in [0.25, 0.3) is 0 Å². The Labute approximate surface area is 185 Å². The fourth-order valence-corrected chi connectivity index (χ4v) is 4.24. The molecule has 1 aromatic carbocycles. The molecule has 3 N–H and O–H groups in total. The predicted octanol–water partition coefficient (Wildman–Crippen LogP) is 1.98. The van der Waals surface area contributed by atoms with E-state index in [0.29, 0.717) is 5.02 Å². The number of nitrogens with one attached hydrogen (secondary N) is 1. The first kappa shape index (κ1) is 22.8. The first-order chi connectivity index (χ1) is 14.7. The number of sulfone groups is 1. The van der Waals surface area contributed by atoms with Crippen LogP contribution in [0.15, 0.2) is 29.4 Å². The molecule has 0 saturated heterocycles. The summed E-state index contributed by atoms with van der Waals surface area (Å²) in [5.74, 6) is -0.111. The van der Waals surface area contributed by atoms with E-state index >= 15 is 0 Å². The lowest BCUT2D eigenvalue weighted by molar-refractivity contribution is -0.108. The fourth-order valence-electron chi connectivity index (χ4n) is 3.39. The Kier molecular flexibility index (Phi) is 6.65. The van der Waals surface area contributed by atoms with Crippen molar-refractivity contribution in [2.75, 3.05) is 28.3 Å². The van der Waals surface area contributed by atoms with Gasteiger partial charge in [0.25, 0.3) is 5.16 Å². The van der Waals surface area contributed by atoms with E-state index in [1.165, 1.54) is 18.9 Å². The Morgan fingerprint density at radius 1 is 1.29 bits per heavy atom. The van der Waals surface area contributed by atoms with Gasteiger partial charge in [-0.2, -0.15) is 9.97 Å². The quantitative estimate of drug-likeness (QED) is 0.466. The van der Waals surface area contributed by atoms with Gasteiger partial charge in [-0.3, -0.25) is 4.90 Å². The summed E-state index contributed by atoms with van der Waals surface area (Å²) in [5.41, 5.74) is 7.18. The summed E-state index contributed by atoms with van der Waals surface area (Å²) in [6, 6.07) is 6.61. The van der Waals surface area contributed by atoms with Crippen LogP contribution in [-0.2, 0) is 21.2 Å². The van der Waals surface area contributed by atoms with Crippen LogP contribution in [0.3, 0.4) is 0 Å². The van der Waals surface area contributed by atoms with Crippen LogP contribution in [0.5, 0.6) is 0 Å². The van der Waals surface area contributed by atoms with E-state index in [0.717, 1.165) is 11.8 Å². The molecule has 3 rings (SSSR count). The molecule has 31 heavy (non-hydrogen) atoms. The maximum atomic E-state index is 12.7. The predicted molar refractivity (Wildman–Crippen MR) is 118 cm³/mol. The Morgan fingerprint density at radius 2 is 1.97 bits per heavy atom.